The topological polar surface area (TPSA) is 58.2 Å². The van der Waals surface area contributed by atoms with E-state index in [1.54, 1.807) is 11.3 Å². The Bertz CT molecular complexity index is 1030. The number of rotatable bonds is 8. The maximum absolute atomic E-state index is 13.7. The van der Waals surface area contributed by atoms with Gasteiger partial charge in [-0.15, -0.1) is 11.3 Å². The summed E-state index contributed by atoms with van der Waals surface area (Å²) in [6, 6.07) is 14.5. The monoisotopic (exact) mass is 442 g/mol. The number of nitrogens with one attached hydrogen (secondary N) is 2. The minimum atomic E-state index is -0.940. The minimum absolute atomic E-state index is 0.0283. The van der Waals surface area contributed by atoms with Gasteiger partial charge in [0, 0.05) is 23.9 Å². The molecule has 0 radical (unpaired) electrons. The molecule has 0 spiro atoms. The number of hydrogen-bond acceptors (Lipinski definition) is 3. The third-order valence-corrected chi connectivity index (χ3v) is 5.82. The highest BCUT2D eigenvalue weighted by molar-refractivity contribution is 7.10. The number of halogens is 2. The summed E-state index contributed by atoms with van der Waals surface area (Å²) in [5.41, 5.74) is 1.93. The van der Waals surface area contributed by atoms with E-state index in [-0.39, 0.29) is 30.5 Å². The van der Waals surface area contributed by atoms with E-state index in [9.17, 15) is 18.4 Å². The van der Waals surface area contributed by atoms with E-state index in [1.165, 1.54) is 5.56 Å². The summed E-state index contributed by atoms with van der Waals surface area (Å²) in [5.74, 6) is -2.21. The lowest BCUT2D eigenvalue weighted by molar-refractivity contribution is -0.121. The van der Waals surface area contributed by atoms with Crippen molar-refractivity contribution in [3.05, 3.63) is 93.2 Å². The van der Waals surface area contributed by atoms with Crippen molar-refractivity contribution in [3.8, 4) is 0 Å². The van der Waals surface area contributed by atoms with Crippen molar-refractivity contribution < 1.29 is 18.4 Å². The van der Waals surface area contributed by atoms with E-state index >= 15 is 0 Å². The van der Waals surface area contributed by atoms with E-state index in [0.717, 1.165) is 22.6 Å². The first-order valence-electron chi connectivity index (χ1n) is 10.0. The van der Waals surface area contributed by atoms with Crippen molar-refractivity contribution in [1.82, 2.24) is 10.6 Å². The van der Waals surface area contributed by atoms with Crippen LogP contribution in [0, 0.1) is 11.6 Å². The number of benzene rings is 2. The lowest BCUT2D eigenvalue weighted by Gasteiger charge is -2.19. The summed E-state index contributed by atoms with van der Waals surface area (Å²) in [7, 11) is 0. The number of hydrogen-bond donors (Lipinski definition) is 2. The second-order valence-electron chi connectivity index (χ2n) is 7.47. The molecule has 0 bridgehead atoms. The van der Waals surface area contributed by atoms with Crippen LogP contribution in [0.3, 0.4) is 0 Å². The van der Waals surface area contributed by atoms with Crippen LogP contribution >= 0.6 is 11.3 Å². The molecule has 3 aromatic rings. The van der Waals surface area contributed by atoms with Gasteiger partial charge in [-0.1, -0.05) is 44.2 Å². The fourth-order valence-corrected chi connectivity index (χ4v) is 3.94. The Morgan fingerprint density at radius 2 is 1.71 bits per heavy atom. The molecule has 0 aliphatic heterocycles. The molecule has 0 aliphatic carbocycles. The Hall–Kier alpha value is -3.06. The summed E-state index contributed by atoms with van der Waals surface area (Å²) in [6.45, 7) is 4.28. The molecule has 1 unspecified atom stereocenters. The largest absolute Gasteiger partial charge is 0.351 e. The van der Waals surface area contributed by atoms with Gasteiger partial charge in [0.05, 0.1) is 11.6 Å². The Balaban J connectivity index is 1.61. The van der Waals surface area contributed by atoms with Crippen molar-refractivity contribution >= 4 is 23.2 Å². The quantitative estimate of drug-likeness (QED) is 0.505. The zero-order valence-corrected chi connectivity index (χ0v) is 18.1. The highest BCUT2D eigenvalue weighted by Gasteiger charge is 2.19. The van der Waals surface area contributed by atoms with Crippen molar-refractivity contribution in [2.75, 3.05) is 6.54 Å². The highest BCUT2D eigenvalue weighted by atomic mass is 32.1. The maximum Gasteiger partial charge on any atom is 0.254 e. The molecule has 1 heterocycles. The summed E-state index contributed by atoms with van der Waals surface area (Å²) < 4.78 is 26.7. The average molecular weight is 443 g/mol. The van der Waals surface area contributed by atoms with Crippen molar-refractivity contribution in [3.63, 3.8) is 0 Å². The van der Waals surface area contributed by atoms with Crippen LogP contribution in [-0.2, 0) is 4.79 Å². The van der Waals surface area contributed by atoms with Crippen molar-refractivity contribution in [1.29, 1.82) is 0 Å². The standard InChI is InChI=1S/C24H24F2N2O2S/c1-15(2)16-5-7-17(8-6-16)23(21-4-3-13-31-21)28-22(29)11-12-27-24(30)19-10-9-18(25)14-20(19)26/h3-10,13-15,23H,11-12H2,1-2H3,(H,27,30)(H,28,29). The first-order valence-corrected chi connectivity index (χ1v) is 10.9. The fraction of sp³-hybridized carbons (Fsp3) is 0.250. The molecule has 1 atom stereocenters. The lowest BCUT2D eigenvalue weighted by atomic mass is 9.98. The molecular formula is C24H24F2N2O2S. The molecule has 4 nitrogen and oxygen atoms in total. The predicted octanol–water partition coefficient (Wildman–Crippen LogP) is 5.18. The van der Waals surface area contributed by atoms with E-state index < -0.39 is 17.5 Å². The Morgan fingerprint density at radius 1 is 1.00 bits per heavy atom. The lowest BCUT2D eigenvalue weighted by Crippen LogP contribution is -2.33. The summed E-state index contributed by atoms with van der Waals surface area (Å²) in [5, 5.41) is 7.46. The molecule has 2 N–H and O–H groups in total. The fourth-order valence-electron chi connectivity index (χ4n) is 3.14. The SMILES string of the molecule is CC(C)c1ccc(C(NC(=O)CCNC(=O)c2ccc(F)cc2F)c2cccs2)cc1. The first-order chi connectivity index (χ1) is 14.8. The molecule has 2 aromatic carbocycles. The van der Waals surface area contributed by atoms with Crippen LogP contribution in [0.15, 0.2) is 60.0 Å². The molecule has 31 heavy (non-hydrogen) atoms. The predicted molar refractivity (Wildman–Crippen MR) is 118 cm³/mol. The Labute approximate surface area is 184 Å². The van der Waals surface area contributed by atoms with Crippen LogP contribution in [0.4, 0.5) is 8.78 Å². The molecule has 1 aromatic heterocycles. The first kappa shape index (κ1) is 22.6. The molecule has 0 fully saturated rings. The van der Waals surface area contributed by atoms with Crippen LogP contribution in [0.5, 0.6) is 0 Å². The van der Waals surface area contributed by atoms with E-state index in [2.05, 4.69) is 36.6 Å². The highest BCUT2D eigenvalue weighted by Crippen LogP contribution is 2.27. The third-order valence-electron chi connectivity index (χ3n) is 4.88. The van der Waals surface area contributed by atoms with Gasteiger partial charge in [-0.05, 0) is 40.6 Å². The average Bonchev–Trinajstić information content (AvgIpc) is 3.26. The second-order valence-corrected chi connectivity index (χ2v) is 8.45. The minimum Gasteiger partial charge on any atom is -0.351 e. The Morgan fingerprint density at radius 3 is 2.32 bits per heavy atom. The molecule has 3 rings (SSSR count). The molecule has 162 valence electrons. The van der Waals surface area contributed by atoms with Gasteiger partial charge in [0.1, 0.15) is 11.6 Å². The molecular weight excluding hydrogens is 418 g/mol. The van der Waals surface area contributed by atoms with Gasteiger partial charge in [0.15, 0.2) is 0 Å². The molecule has 2 amide bonds. The number of carbonyl (C=O) groups excluding carboxylic acids is 2. The van der Waals surface area contributed by atoms with Gasteiger partial charge in [-0.3, -0.25) is 9.59 Å². The normalized spacial score (nSPS) is 11.9. The van der Waals surface area contributed by atoms with Crippen LogP contribution in [-0.4, -0.2) is 18.4 Å². The third kappa shape index (κ3) is 5.98. The number of amides is 2. The summed E-state index contributed by atoms with van der Waals surface area (Å²) in [6.07, 6.45) is 0.0283. The van der Waals surface area contributed by atoms with Crippen LogP contribution in [0.1, 0.15) is 58.6 Å². The van der Waals surface area contributed by atoms with Crippen LogP contribution < -0.4 is 10.6 Å². The van der Waals surface area contributed by atoms with Gasteiger partial charge < -0.3 is 10.6 Å². The van der Waals surface area contributed by atoms with E-state index in [0.29, 0.717) is 12.0 Å². The van der Waals surface area contributed by atoms with Crippen LogP contribution in [0.25, 0.3) is 0 Å². The number of carbonyl (C=O) groups is 2. The molecule has 7 heteroatoms. The summed E-state index contributed by atoms with van der Waals surface area (Å²) >= 11 is 1.55. The molecule has 0 saturated carbocycles. The summed E-state index contributed by atoms with van der Waals surface area (Å²) in [4.78, 5) is 25.6. The Kier molecular flexibility index (Phi) is 7.52. The van der Waals surface area contributed by atoms with Gasteiger partial charge in [0.25, 0.3) is 5.91 Å². The van der Waals surface area contributed by atoms with Gasteiger partial charge in [-0.25, -0.2) is 8.78 Å². The van der Waals surface area contributed by atoms with Crippen LogP contribution in [0.2, 0.25) is 0 Å². The van der Waals surface area contributed by atoms with Crippen molar-refractivity contribution in [2.45, 2.75) is 32.2 Å². The van der Waals surface area contributed by atoms with Gasteiger partial charge >= 0.3 is 0 Å². The zero-order chi connectivity index (χ0) is 22.4. The maximum atomic E-state index is 13.7. The van der Waals surface area contributed by atoms with E-state index in [4.69, 9.17) is 0 Å². The zero-order valence-electron chi connectivity index (χ0n) is 17.3. The molecule has 0 saturated heterocycles. The van der Waals surface area contributed by atoms with Gasteiger partial charge in [-0.2, -0.15) is 0 Å². The van der Waals surface area contributed by atoms with Crippen molar-refractivity contribution in [2.24, 2.45) is 0 Å². The van der Waals surface area contributed by atoms with Gasteiger partial charge in [0.2, 0.25) is 5.91 Å². The second kappa shape index (κ2) is 10.3. The smallest absolute Gasteiger partial charge is 0.254 e. The molecule has 0 aliphatic rings. The van der Waals surface area contributed by atoms with E-state index in [1.807, 2.05) is 29.6 Å². The number of thiophene rings is 1.